The quantitative estimate of drug-likeness (QED) is 0.211. The van der Waals surface area contributed by atoms with E-state index in [0.717, 1.165) is 12.6 Å². The summed E-state index contributed by atoms with van der Waals surface area (Å²) in [5, 5.41) is 0. The van der Waals surface area contributed by atoms with Crippen LogP contribution in [0.3, 0.4) is 0 Å². The van der Waals surface area contributed by atoms with E-state index in [-0.39, 0.29) is 0 Å². The highest BCUT2D eigenvalue weighted by atomic mass is 15.4. The molecule has 0 saturated heterocycles. The lowest BCUT2D eigenvalue weighted by Crippen LogP contribution is -2.51. The van der Waals surface area contributed by atoms with Crippen molar-refractivity contribution in [3.63, 3.8) is 0 Å². The minimum atomic E-state index is 0.724. The Morgan fingerprint density at radius 2 is 1.27 bits per heavy atom. The summed E-state index contributed by atoms with van der Waals surface area (Å²) in [6.45, 7) is 13.8. The van der Waals surface area contributed by atoms with E-state index in [4.69, 9.17) is 4.99 Å². The van der Waals surface area contributed by atoms with Crippen molar-refractivity contribution in [1.82, 2.24) is 9.80 Å². The van der Waals surface area contributed by atoms with E-state index < -0.39 is 0 Å². The Kier molecular flexibility index (Phi) is 13.8. The molecule has 0 aromatic heterocycles. The molecule has 3 heteroatoms. The molecule has 0 heterocycles. The van der Waals surface area contributed by atoms with E-state index in [1.165, 1.54) is 109 Å². The summed E-state index contributed by atoms with van der Waals surface area (Å²) in [6, 6.07) is 0.724. The lowest BCUT2D eigenvalue weighted by molar-refractivity contribution is 0.206. The van der Waals surface area contributed by atoms with Gasteiger partial charge in [-0.1, -0.05) is 72.6 Å². The van der Waals surface area contributed by atoms with Gasteiger partial charge in [-0.2, -0.15) is 0 Å². The number of rotatable bonds is 13. The van der Waals surface area contributed by atoms with E-state index >= 15 is 0 Å². The summed E-state index contributed by atoms with van der Waals surface area (Å²) < 4.78 is 0. The molecule has 1 saturated carbocycles. The molecule has 1 aliphatic carbocycles. The summed E-state index contributed by atoms with van der Waals surface area (Å²) in [5.74, 6) is 1.35. The van der Waals surface area contributed by atoms with Crippen molar-refractivity contribution in [1.29, 1.82) is 0 Å². The highest BCUT2D eigenvalue weighted by molar-refractivity contribution is 5.80. The number of nitrogens with zero attached hydrogens (tertiary/aromatic N) is 3. The molecule has 0 N–H and O–H groups in total. The zero-order valence-corrected chi connectivity index (χ0v) is 18.4. The van der Waals surface area contributed by atoms with Crippen LogP contribution in [0, 0.1) is 0 Å². The maximum Gasteiger partial charge on any atom is 0.196 e. The van der Waals surface area contributed by atoms with Gasteiger partial charge in [0, 0.05) is 32.2 Å². The van der Waals surface area contributed by atoms with Gasteiger partial charge in [0.2, 0.25) is 0 Å². The first-order chi connectivity index (χ1) is 12.8. The number of hydrogen-bond donors (Lipinski definition) is 0. The molecule has 1 aliphatic rings. The van der Waals surface area contributed by atoms with E-state index in [9.17, 15) is 0 Å². The molecule has 0 radical (unpaired) electrons. The van der Waals surface area contributed by atoms with Crippen LogP contribution < -0.4 is 0 Å². The van der Waals surface area contributed by atoms with Gasteiger partial charge in [0.05, 0.1) is 0 Å². The van der Waals surface area contributed by atoms with E-state index in [1.807, 2.05) is 0 Å². The van der Waals surface area contributed by atoms with Crippen LogP contribution in [0.15, 0.2) is 4.99 Å². The molecule has 0 unspecified atom stereocenters. The average Bonchev–Trinajstić information content (AvgIpc) is 2.68. The Labute approximate surface area is 164 Å². The summed E-state index contributed by atoms with van der Waals surface area (Å²) >= 11 is 0. The van der Waals surface area contributed by atoms with Gasteiger partial charge in [-0.25, -0.2) is 0 Å². The first-order valence-corrected chi connectivity index (χ1v) is 11.8. The average molecular weight is 366 g/mol. The number of aliphatic imine (C=N–C) groups is 1. The summed E-state index contributed by atoms with van der Waals surface area (Å²) in [7, 11) is 0. The summed E-state index contributed by atoms with van der Waals surface area (Å²) in [5.41, 5.74) is 0. The number of guanidine groups is 1. The Balaban J connectivity index is 3.01. The second-order valence-electron chi connectivity index (χ2n) is 8.07. The fourth-order valence-electron chi connectivity index (χ4n) is 3.89. The second-order valence-corrected chi connectivity index (χ2v) is 8.07. The lowest BCUT2D eigenvalue weighted by Gasteiger charge is -2.41. The maximum absolute atomic E-state index is 5.22. The topological polar surface area (TPSA) is 18.8 Å². The molecule has 0 aromatic carbocycles. The molecule has 0 aliphatic heterocycles. The van der Waals surface area contributed by atoms with Crippen LogP contribution in [0.2, 0.25) is 0 Å². The Hall–Kier alpha value is -0.730. The third-order valence-electron chi connectivity index (χ3n) is 5.64. The van der Waals surface area contributed by atoms with Crippen molar-refractivity contribution in [3.8, 4) is 0 Å². The molecule has 0 spiro atoms. The zero-order valence-electron chi connectivity index (χ0n) is 18.4. The third kappa shape index (κ3) is 8.77. The van der Waals surface area contributed by atoms with Crippen LogP contribution in [0.5, 0.6) is 0 Å². The molecular weight excluding hydrogens is 318 g/mol. The Morgan fingerprint density at radius 1 is 0.731 bits per heavy atom. The van der Waals surface area contributed by atoms with Crippen molar-refractivity contribution < 1.29 is 0 Å². The predicted molar refractivity (Wildman–Crippen MR) is 117 cm³/mol. The van der Waals surface area contributed by atoms with Gasteiger partial charge < -0.3 is 9.80 Å². The highest BCUT2D eigenvalue weighted by Gasteiger charge is 2.26. The molecule has 1 fully saturated rings. The molecule has 0 amide bonds. The molecule has 0 atom stereocenters. The van der Waals surface area contributed by atoms with Crippen molar-refractivity contribution >= 4 is 5.96 Å². The van der Waals surface area contributed by atoms with Gasteiger partial charge in [0.25, 0.3) is 0 Å². The first kappa shape index (κ1) is 23.3. The van der Waals surface area contributed by atoms with Crippen molar-refractivity contribution in [2.24, 2.45) is 4.99 Å². The normalized spacial score (nSPS) is 16.1. The van der Waals surface area contributed by atoms with Gasteiger partial charge >= 0.3 is 0 Å². The zero-order chi connectivity index (χ0) is 19.0. The SMILES string of the molecule is CCCC/N=C(\N(CCCC)CCCC)N(CCCC)C1CCCCC1. The van der Waals surface area contributed by atoms with Crippen LogP contribution in [0.25, 0.3) is 0 Å². The summed E-state index contributed by atoms with van der Waals surface area (Å²) in [6.07, 6.45) is 17.1. The Morgan fingerprint density at radius 3 is 1.81 bits per heavy atom. The fourth-order valence-corrected chi connectivity index (χ4v) is 3.89. The molecule has 1 rings (SSSR count). The minimum absolute atomic E-state index is 0.724. The van der Waals surface area contributed by atoms with Crippen LogP contribution in [-0.4, -0.2) is 48.0 Å². The maximum atomic E-state index is 5.22. The molecular formula is C23H47N3. The Bertz CT molecular complexity index is 339. The van der Waals surface area contributed by atoms with E-state index in [2.05, 4.69) is 37.5 Å². The van der Waals surface area contributed by atoms with Crippen LogP contribution in [-0.2, 0) is 0 Å². The van der Waals surface area contributed by atoms with Crippen molar-refractivity contribution in [3.05, 3.63) is 0 Å². The summed E-state index contributed by atoms with van der Waals surface area (Å²) in [4.78, 5) is 10.6. The molecule has 3 nitrogen and oxygen atoms in total. The molecule has 0 bridgehead atoms. The monoisotopic (exact) mass is 365 g/mol. The lowest BCUT2D eigenvalue weighted by atomic mass is 9.94. The van der Waals surface area contributed by atoms with Gasteiger partial charge in [-0.05, 0) is 38.5 Å². The van der Waals surface area contributed by atoms with Crippen molar-refractivity contribution in [2.45, 2.75) is 117 Å². The van der Waals surface area contributed by atoms with Crippen LogP contribution in [0.1, 0.15) is 111 Å². The predicted octanol–water partition coefficient (Wildman–Crippen LogP) is 6.48. The van der Waals surface area contributed by atoms with Gasteiger partial charge in [-0.15, -0.1) is 0 Å². The molecule has 26 heavy (non-hydrogen) atoms. The minimum Gasteiger partial charge on any atom is -0.343 e. The standard InChI is InChI=1S/C23H47N3/c1-5-9-18-24-23(25(19-10-6-2)20-11-7-3)26(21-12-8-4)22-16-14-13-15-17-22/h22H,5-21H2,1-4H3/b24-23+. The third-order valence-corrected chi connectivity index (χ3v) is 5.64. The number of hydrogen-bond acceptors (Lipinski definition) is 1. The smallest absolute Gasteiger partial charge is 0.196 e. The van der Waals surface area contributed by atoms with Crippen molar-refractivity contribution in [2.75, 3.05) is 26.2 Å². The van der Waals surface area contributed by atoms with E-state index in [0.29, 0.717) is 0 Å². The van der Waals surface area contributed by atoms with Gasteiger partial charge in [0.1, 0.15) is 0 Å². The fraction of sp³-hybridized carbons (Fsp3) is 0.957. The molecule has 0 aromatic rings. The second kappa shape index (κ2) is 15.3. The van der Waals surface area contributed by atoms with Gasteiger partial charge in [0.15, 0.2) is 5.96 Å². The van der Waals surface area contributed by atoms with Gasteiger partial charge in [-0.3, -0.25) is 4.99 Å². The van der Waals surface area contributed by atoms with E-state index in [1.54, 1.807) is 0 Å². The highest BCUT2D eigenvalue weighted by Crippen LogP contribution is 2.24. The van der Waals surface area contributed by atoms with Crippen LogP contribution in [0.4, 0.5) is 0 Å². The number of unbranched alkanes of at least 4 members (excludes halogenated alkanes) is 4. The van der Waals surface area contributed by atoms with Crippen LogP contribution >= 0.6 is 0 Å². The molecule has 154 valence electrons. The largest absolute Gasteiger partial charge is 0.343 e. The first-order valence-electron chi connectivity index (χ1n) is 11.8.